The van der Waals surface area contributed by atoms with Crippen LogP contribution in [-0.4, -0.2) is 79.8 Å². The predicted molar refractivity (Wildman–Crippen MR) is 137 cm³/mol. The van der Waals surface area contributed by atoms with Crippen molar-refractivity contribution in [3.05, 3.63) is 17.8 Å². The van der Waals surface area contributed by atoms with E-state index in [9.17, 15) is 0 Å². The summed E-state index contributed by atoms with van der Waals surface area (Å²) in [5.74, 6) is 2.61. The molecule has 1 aromatic heterocycles. The third-order valence-electron chi connectivity index (χ3n) is 6.90. The lowest BCUT2D eigenvalue weighted by molar-refractivity contribution is 0.182. The fourth-order valence-corrected chi connectivity index (χ4v) is 4.87. The molecule has 0 spiro atoms. The Hall–Kier alpha value is -2.12. The summed E-state index contributed by atoms with van der Waals surface area (Å²) in [5, 5.41) is 4.21. The van der Waals surface area contributed by atoms with Gasteiger partial charge in [-0.1, -0.05) is 13.8 Å². The Kier molecular flexibility index (Phi) is 9.56. The first kappa shape index (κ1) is 25.5. The topological polar surface area (TPSA) is 62.8 Å². The fourth-order valence-electron chi connectivity index (χ4n) is 4.87. The molecular formula is C26H43N5O2. The normalized spacial score (nSPS) is 21.5. The van der Waals surface area contributed by atoms with Gasteiger partial charge in [-0.05, 0) is 71.8 Å². The predicted octanol–water partition coefficient (Wildman–Crippen LogP) is 4.77. The Bertz CT molecular complexity index is 885. The van der Waals surface area contributed by atoms with E-state index in [4.69, 9.17) is 19.4 Å². The van der Waals surface area contributed by atoms with Crippen molar-refractivity contribution < 1.29 is 9.47 Å². The molecule has 0 bridgehead atoms. The van der Waals surface area contributed by atoms with Gasteiger partial charge in [0.1, 0.15) is 0 Å². The number of likely N-dealkylation sites (tertiary alicyclic amines) is 2. The lowest BCUT2D eigenvalue weighted by Gasteiger charge is -2.35. The summed E-state index contributed by atoms with van der Waals surface area (Å²) in [4.78, 5) is 14.6. The summed E-state index contributed by atoms with van der Waals surface area (Å²) >= 11 is 0. The van der Waals surface area contributed by atoms with E-state index in [2.05, 4.69) is 35.2 Å². The molecule has 1 unspecified atom stereocenters. The quantitative estimate of drug-likeness (QED) is 0.573. The van der Waals surface area contributed by atoms with Crippen LogP contribution in [0.25, 0.3) is 10.9 Å². The molecule has 2 atom stereocenters. The number of nitrogens with one attached hydrogen (secondary N) is 1. The molecule has 2 aliphatic rings. The van der Waals surface area contributed by atoms with Crippen molar-refractivity contribution in [2.75, 3.05) is 59.3 Å². The summed E-state index contributed by atoms with van der Waals surface area (Å²) < 4.78 is 11.9. The van der Waals surface area contributed by atoms with Crippen molar-refractivity contribution in [2.24, 2.45) is 0 Å². The highest BCUT2D eigenvalue weighted by Gasteiger charge is 2.27. The highest BCUT2D eigenvalue weighted by molar-refractivity contribution is 5.86. The van der Waals surface area contributed by atoms with Gasteiger partial charge in [0.25, 0.3) is 0 Å². The molecule has 0 amide bonds. The standard InChI is InChI=1S/C24H37N5O2.C2H6/c1-17-14-18(8-12-28(17)3)23-19-15-21(30-4)22(16-20(19)26-24(25-2)27-23)31-13-7-11-29-9-5-6-10-29;1-2/h15-18H,5-14H2,1-4H3,(H,25,26,27);1-2H3/t17-,18?;/m0./s1. The fraction of sp³-hybridized carbons (Fsp3) is 0.692. The largest absolute Gasteiger partial charge is 0.493 e. The van der Waals surface area contributed by atoms with Crippen LogP contribution >= 0.6 is 0 Å². The van der Waals surface area contributed by atoms with E-state index in [1.165, 1.54) is 25.9 Å². The Morgan fingerprint density at radius 3 is 2.52 bits per heavy atom. The average molecular weight is 458 g/mol. The monoisotopic (exact) mass is 457 g/mol. The molecule has 3 heterocycles. The zero-order valence-electron chi connectivity index (χ0n) is 21.5. The second kappa shape index (κ2) is 12.4. The minimum absolute atomic E-state index is 0.417. The number of hydrogen-bond donors (Lipinski definition) is 1. The van der Waals surface area contributed by atoms with Crippen LogP contribution in [0.2, 0.25) is 0 Å². The summed E-state index contributed by atoms with van der Waals surface area (Å²) in [6.45, 7) is 11.6. The van der Waals surface area contributed by atoms with E-state index in [1.807, 2.05) is 27.0 Å². The van der Waals surface area contributed by atoms with Gasteiger partial charge in [-0.15, -0.1) is 0 Å². The zero-order valence-corrected chi connectivity index (χ0v) is 21.5. The molecule has 1 N–H and O–H groups in total. The van der Waals surface area contributed by atoms with Gasteiger partial charge in [0.15, 0.2) is 11.5 Å². The molecule has 0 saturated carbocycles. The van der Waals surface area contributed by atoms with Gasteiger partial charge >= 0.3 is 0 Å². The van der Waals surface area contributed by atoms with Gasteiger partial charge in [0.2, 0.25) is 5.95 Å². The molecule has 184 valence electrons. The van der Waals surface area contributed by atoms with Crippen molar-refractivity contribution in [2.45, 2.75) is 64.8 Å². The van der Waals surface area contributed by atoms with Crippen molar-refractivity contribution >= 4 is 16.9 Å². The third kappa shape index (κ3) is 6.27. The summed E-state index contributed by atoms with van der Waals surface area (Å²) in [6.07, 6.45) is 5.87. The first-order valence-electron chi connectivity index (χ1n) is 12.7. The minimum atomic E-state index is 0.417. The van der Waals surface area contributed by atoms with E-state index in [1.54, 1.807) is 7.11 Å². The zero-order chi connectivity index (χ0) is 23.8. The number of ether oxygens (including phenoxy) is 2. The van der Waals surface area contributed by atoms with E-state index >= 15 is 0 Å². The van der Waals surface area contributed by atoms with Crippen molar-refractivity contribution in [3.63, 3.8) is 0 Å². The number of piperidine rings is 1. The Balaban J connectivity index is 0.00000149. The number of nitrogens with zero attached hydrogens (tertiary/aromatic N) is 4. The van der Waals surface area contributed by atoms with Crippen LogP contribution in [0.3, 0.4) is 0 Å². The van der Waals surface area contributed by atoms with Crippen LogP contribution in [0.4, 0.5) is 5.95 Å². The maximum absolute atomic E-state index is 6.15. The van der Waals surface area contributed by atoms with Crippen LogP contribution in [0.15, 0.2) is 12.1 Å². The van der Waals surface area contributed by atoms with Crippen LogP contribution in [0.1, 0.15) is 64.5 Å². The molecular weight excluding hydrogens is 414 g/mol. The Morgan fingerprint density at radius 1 is 1.09 bits per heavy atom. The smallest absolute Gasteiger partial charge is 0.223 e. The van der Waals surface area contributed by atoms with Crippen LogP contribution in [0, 0.1) is 0 Å². The Labute approximate surface area is 199 Å². The first-order chi connectivity index (χ1) is 16.1. The van der Waals surface area contributed by atoms with E-state index in [0.29, 0.717) is 24.5 Å². The van der Waals surface area contributed by atoms with E-state index in [-0.39, 0.29) is 0 Å². The van der Waals surface area contributed by atoms with E-state index < -0.39 is 0 Å². The maximum atomic E-state index is 6.15. The van der Waals surface area contributed by atoms with Gasteiger partial charge in [-0.25, -0.2) is 9.97 Å². The van der Waals surface area contributed by atoms with Crippen LogP contribution in [0.5, 0.6) is 11.5 Å². The molecule has 2 aromatic rings. The highest BCUT2D eigenvalue weighted by atomic mass is 16.5. The van der Waals surface area contributed by atoms with Crippen molar-refractivity contribution in [1.82, 2.24) is 19.8 Å². The second-order valence-corrected chi connectivity index (χ2v) is 9.00. The molecule has 4 rings (SSSR count). The highest BCUT2D eigenvalue weighted by Crippen LogP contribution is 2.38. The van der Waals surface area contributed by atoms with Gasteiger partial charge in [0.05, 0.1) is 24.9 Å². The molecule has 0 radical (unpaired) electrons. The first-order valence-corrected chi connectivity index (χ1v) is 12.7. The molecule has 33 heavy (non-hydrogen) atoms. The Morgan fingerprint density at radius 2 is 1.85 bits per heavy atom. The maximum Gasteiger partial charge on any atom is 0.223 e. The van der Waals surface area contributed by atoms with Gasteiger partial charge < -0.3 is 24.6 Å². The number of methoxy groups -OCH3 is 1. The van der Waals surface area contributed by atoms with Crippen LogP contribution in [-0.2, 0) is 0 Å². The van der Waals surface area contributed by atoms with Gasteiger partial charge in [-0.2, -0.15) is 0 Å². The average Bonchev–Trinajstić information content (AvgIpc) is 3.37. The van der Waals surface area contributed by atoms with Gasteiger partial charge in [0, 0.05) is 37.0 Å². The number of anilines is 1. The minimum Gasteiger partial charge on any atom is -0.493 e. The summed E-state index contributed by atoms with van der Waals surface area (Å²) in [7, 11) is 5.79. The van der Waals surface area contributed by atoms with Crippen LogP contribution < -0.4 is 14.8 Å². The SMILES string of the molecule is CC.CNc1nc(C2CCN(C)[C@@H](C)C2)c2cc(OC)c(OCCCN3CCCC3)cc2n1. The molecule has 2 aliphatic heterocycles. The molecule has 2 saturated heterocycles. The number of benzene rings is 1. The van der Waals surface area contributed by atoms with Gasteiger partial charge in [-0.3, -0.25) is 0 Å². The summed E-state index contributed by atoms with van der Waals surface area (Å²) in [6, 6.07) is 4.64. The molecule has 7 heteroatoms. The lowest BCUT2D eigenvalue weighted by atomic mass is 9.87. The lowest BCUT2D eigenvalue weighted by Crippen LogP contribution is -2.37. The summed E-state index contributed by atoms with van der Waals surface area (Å²) in [5.41, 5.74) is 2.03. The van der Waals surface area contributed by atoms with Crippen molar-refractivity contribution in [3.8, 4) is 11.5 Å². The molecule has 1 aromatic carbocycles. The number of aromatic nitrogens is 2. The number of rotatable bonds is 8. The van der Waals surface area contributed by atoms with E-state index in [0.717, 1.165) is 60.4 Å². The number of hydrogen-bond acceptors (Lipinski definition) is 7. The molecule has 0 aliphatic carbocycles. The third-order valence-corrected chi connectivity index (χ3v) is 6.90. The second-order valence-electron chi connectivity index (χ2n) is 9.00. The van der Waals surface area contributed by atoms with Crippen molar-refractivity contribution in [1.29, 1.82) is 0 Å². The molecule has 2 fully saturated rings. The molecule has 7 nitrogen and oxygen atoms in total. The number of fused-ring (bicyclic) bond motifs is 1.